The zero-order valence-corrected chi connectivity index (χ0v) is 8.85. The van der Waals surface area contributed by atoms with Gasteiger partial charge >= 0.3 is 67.3 Å². The Labute approximate surface area is 98.5 Å². The first-order valence-electron chi connectivity index (χ1n) is 0.565. The van der Waals surface area contributed by atoms with E-state index in [4.69, 9.17) is 15.3 Å². The molecular weight excluding hydrogens is 161 g/mol. The molecule has 0 atom stereocenters. The molecule has 0 saturated carbocycles. The summed E-state index contributed by atoms with van der Waals surface area (Å²) < 4.78 is 0. The van der Waals surface area contributed by atoms with Crippen molar-refractivity contribution in [3.63, 3.8) is 0 Å². The Bertz CT molecular complexity index is 37.9. The number of hydrogen-bond acceptors (Lipinski definition) is 2. The first-order chi connectivity index (χ1) is 1.73. The van der Waals surface area contributed by atoms with E-state index in [2.05, 4.69) is 0 Å². The third-order valence-corrected chi connectivity index (χ3v) is 0. The normalized spacial score (nSPS) is 3.43. The molecule has 32 valence electrons. The fraction of sp³-hybridized carbons (Fsp3) is 0. The molecule has 7 heteroatoms. The number of halogens is 1. The van der Waals surface area contributed by atoms with E-state index in [0.717, 1.165) is 0 Å². The zero-order chi connectivity index (χ0) is 3.58. The molecule has 0 bridgehead atoms. The van der Waals surface area contributed by atoms with Crippen molar-refractivity contribution in [1.82, 2.24) is 0 Å². The monoisotopic (exact) mass is 162 g/mol. The van der Waals surface area contributed by atoms with Crippen molar-refractivity contribution in [2.45, 2.75) is 0 Å². The SMILES string of the molecule is Cl.O=[N+]([O-])O.[Ca+2].[Na+]. The molecule has 0 fully saturated rings. The van der Waals surface area contributed by atoms with Crippen molar-refractivity contribution in [1.29, 1.82) is 0 Å². The second kappa shape index (κ2) is 15.7. The van der Waals surface area contributed by atoms with Gasteiger partial charge in [-0.25, -0.2) is 0 Å². The Morgan fingerprint density at radius 3 is 1.57 bits per heavy atom. The van der Waals surface area contributed by atoms with Crippen molar-refractivity contribution in [3.8, 4) is 0 Å². The van der Waals surface area contributed by atoms with Crippen molar-refractivity contribution < 1.29 is 39.9 Å². The molecule has 0 aromatic heterocycles. The van der Waals surface area contributed by atoms with Gasteiger partial charge in [-0.1, -0.05) is 0 Å². The van der Waals surface area contributed by atoms with Gasteiger partial charge in [0, 0.05) is 0 Å². The summed E-state index contributed by atoms with van der Waals surface area (Å²) in [6, 6.07) is 0. The Morgan fingerprint density at radius 1 is 1.57 bits per heavy atom. The maximum absolute atomic E-state index is 8.36. The largest absolute Gasteiger partial charge is 2.00 e. The van der Waals surface area contributed by atoms with E-state index < -0.39 is 5.09 Å². The van der Waals surface area contributed by atoms with E-state index in [9.17, 15) is 0 Å². The molecule has 0 aromatic carbocycles. The first kappa shape index (κ1) is 23.3. The number of hydrogen-bond donors (Lipinski definition) is 1. The second-order valence-electron chi connectivity index (χ2n) is 0.238. The van der Waals surface area contributed by atoms with Gasteiger partial charge in [0.25, 0.3) is 5.09 Å². The van der Waals surface area contributed by atoms with Crippen molar-refractivity contribution in [3.05, 3.63) is 10.1 Å². The van der Waals surface area contributed by atoms with Gasteiger partial charge < -0.3 is 5.21 Å². The van der Waals surface area contributed by atoms with E-state index in [0.29, 0.717) is 0 Å². The van der Waals surface area contributed by atoms with Gasteiger partial charge in [0.15, 0.2) is 0 Å². The molecule has 0 aliphatic carbocycles. The van der Waals surface area contributed by atoms with Crippen LogP contribution in [0.25, 0.3) is 0 Å². The molecule has 1 N–H and O–H groups in total. The molecule has 7 heavy (non-hydrogen) atoms. The summed E-state index contributed by atoms with van der Waals surface area (Å²) in [6.45, 7) is 0. The Kier molecular flexibility index (Phi) is 52.1. The molecule has 0 radical (unpaired) electrons. The Balaban J connectivity index is -0.0000000150. The molecule has 0 aromatic rings. The molecule has 0 amide bonds. The van der Waals surface area contributed by atoms with Crippen LogP contribution in [-0.4, -0.2) is 48.0 Å². The number of rotatable bonds is 0. The van der Waals surface area contributed by atoms with Gasteiger partial charge in [-0.15, -0.1) is 22.5 Å². The van der Waals surface area contributed by atoms with Gasteiger partial charge in [-0.05, 0) is 0 Å². The molecule has 0 saturated heterocycles. The topological polar surface area (TPSA) is 63.4 Å². The van der Waals surface area contributed by atoms with Gasteiger partial charge in [0.05, 0.1) is 0 Å². The van der Waals surface area contributed by atoms with Crippen LogP contribution >= 0.6 is 12.4 Å². The predicted molar refractivity (Wildman–Crippen MR) is 21.8 cm³/mol. The summed E-state index contributed by atoms with van der Waals surface area (Å²) in [5.74, 6) is 0. The molecule has 0 unspecified atom stereocenters. The summed E-state index contributed by atoms with van der Waals surface area (Å²) in [5.41, 5.74) is 0. The maximum atomic E-state index is 8.36. The van der Waals surface area contributed by atoms with Crippen molar-refractivity contribution in [2.24, 2.45) is 0 Å². The fourth-order valence-electron chi connectivity index (χ4n) is 0. The van der Waals surface area contributed by atoms with E-state index in [1.807, 2.05) is 0 Å². The molecule has 4 nitrogen and oxygen atoms in total. The molecule has 0 spiro atoms. The zero-order valence-electron chi connectivity index (χ0n) is 3.83. The molecular formula is H2CaClNNaO3+3. The molecule has 0 aliphatic heterocycles. The Hall–Kier alpha value is 1.75. The van der Waals surface area contributed by atoms with Crippen LogP contribution in [0.2, 0.25) is 0 Å². The van der Waals surface area contributed by atoms with Crippen LogP contribution in [0.4, 0.5) is 0 Å². The average molecular weight is 163 g/mol. The molecule has 0 rings (SSSR count). The van der Waals surface area contributed by atoms with E-state index in [1.165, 1.54) is 0 Å². The number of nitrogens with zero attached hydrogens (tertiary/aromatic N) is 1. The maximum Gasteiger partial charge on any atom is 2.00 e. The first-order valence-corrected chi connectivity index (χ1v) is 0.565. The average Bonchev–Trinajstić information content (AvgIpc) is 0.811. The van der Waals surface area contributed by atoms with Crippen LogP contribution in [0, 0.1) is 10.1 Å². The third kappa shape index (κ3) is 83.7. The minimum absolute atomic E-state index is 0. The van der Waals surface area contributed by atoms with Gasteiger partial charge in [0.2, 0.25) is 0 Å². The van der Waals surface area contributed by atoms with Crippen LogP contribution in [-0.2, 0) is 0 Å². The summed E-state index contributed by atoms with van der Waals surface area (Å²) in [6.07, 6.45) is 0. The van der Waals surface area contributed by atoms with Crippen LogP contribution in [0.15, 0.2) is 0 Å². The summed E-state index contributed by atoms with van der Waals surface area (Å²) in [7, 11) is 0. The van der Waals surface area contributed by atoms with Crippen molar-refractivity contribution >= 4 is 50.1 Å². The van der Waals surface area contributed by atoms with Gasteiger partial charge in [-0.2, -0.15) is 0 Å². The van der Waals surface area contributed by atoms with E-state index in [1.54, 1.807) is 0 Å². The molecule has 0 aliphatic rings. The summed E-state index contributed by atoms with van der Waals surface area (Å²) >= 11 is 0. The van der Waals surface area contributed by atoms with Crippen LogP contribution in [0.1, 0.15) is 0 Å². The second-order valence-corrected chi connectivity index (χ2v) is 0.238. The Morgan fingerprint density at radius 2 is 1.57 bits per heavy atom. The van der Waals surface area contributed by atoms with Gasteiger partial charge in [0.1, 0.15) is 0 Å². The van der Waals surface area contributed by atoms with Crippen LogP contribution in [0.3, 0.4) is 0 Å². The summed E-state index contributed by atoms with van der Waals surface area (Å²) in [4.78, 5) is 8.36. The van der Waals surface area contributed by atoms with Gasteiger partial charge in [-0.3, -0.25) is 0 Å². The minimum Gasteiger partial charge on any atom is -0.328 e. The molecule has 0 heterocycles. The smallest absolute Gasteiger partial charge is 0.328 e. The predicted octanol–water partition coefficient (Wildman–Crippen LogP) is -3.30. The van der Waals surface area contributed by atoms with E-state index >= 15 is 0 Å². The van der Waals surface area contributed by atoms with Crippen LogP contribution in [0.5, 0.6) is 0 Å². The van der Waals surface area contributed by atoms with E-state index in [-0.39, 0.29) is 79.7 Å². The quantitative estimate of drug-likeness (QED) is 0.231. The fourth-order valence-corrected chi connectivity index (χ4v) is 0. The van der Waals surface area contributed by atoms with Crippen LogP contribution < -0.4 is 29.6 Å². The summed E-state index contributed by atoms with van der Waals surface area (Å²) in [5, 5.41) is 13.6. The van der Waals surface area contributed by atoms with Crippen molar-refractivity contribution in [2.75, 3.05) is 0 Å². The third-order valence-electron chi connectivity index (χ3n) is 0. The standard InChI is InChI=1S/Ca.ClH.HNO3.Na/c;;2-1(3)4;/h;1H;(H,2,3,4);/q+2;;;+1. The minimum atomic E-state index is -1.50.